The number of nitrogens with zero attached hydrogens (tertiary/aromatic N) is 1. The van der Waals surface area contributed by atoms with Crippen molar-refractivity contribution in [3.05, 3.63) is 60.2 Å². The van der Waals surface area contributed by atoms with E-state index in [9.17, 15) is 4.79 Å². The Hall–Kier alpha value is -2.57. The van der Waals surface area contributed by atoms with E-state index in [1.807, 2.05) is 54.6 Å². The third-order valence-electron chi connectivity index (χ3n) is 5.78. The van der Waals surface area contributed by atoms with Gasteiger partial charge in [-0.05, 0) is 24.1 Å². The number of ether oxygens (including phenoxy) is 4. The number of hydrogen-bond acceptors (Lipinski definition) is 6. The first kappa shape index (κ1) is 20.7. The number of carbonyl (C=O) groups excluding carboxylic acids is 1. The van der Waals surface area contributed by atoms with Gasteiger partial charge in [-0.1, -0.05) is 42.5 Å². The van der Waals surface area contributed by atoms with Gasteiger partial charge in [-0.25, -0.2) is 0 Å². The normalized spacial score (nSPS) is 23.7. The molecule has 6 nitrogen and oxygen atoms in total. The maximum absolute atomic E-state index is 12.4. The van der Waals surface area contributed by atoms with Crippen LogP contribution in [0.5, 0.6) is 11.5 Å². The molecule has 0 amide bonds. The first-order valence-electron chi connectivity index (χ1n) is 10.6. The smallest absolute Gasteiger partial charge is 0.312 e. The fourth-order valence-electron chi connectivity index (χ4n) is 4.09. The van der Waals surface area contributed by atoms with E-state index in [4.69, 9.17) is 18.9 Å². The summed E-state index contributed by atoms with van der Waals surface area (Å²) in [6.07, 6.45) is 1.54. The van der Waals surface area contributed by atoms with Crippen LogP contribution >= 0.6 is 0 Å². The quantitative estimate of drug-likeness (QED) is 0.652. The third kappa shape index (κ3) is 5.12. The Morgan fingerprint density at radius 1 is 1.10 bits per heavy atom. The van der Waals surface area contributed by atoms with Crippen LogP contribution in [-0.4, -0.2) is 56.4 Å². The van der Waals surface area contributed by atoms with Crippen LogP contribution in [0.3, 0.4) is 0 Å². The average molecular weight is 411 g/mol. The lowest BCUT2D eigenvalue weighted by molar-refractivity contribution is -0.156. The topological polar surface area (TPSA) is 57.2 Å². The molecule has 1 fully saturated rings. The molecule has 1 saturated heterocycles. The number of piperidine rings is 1. The van der Waals surface area contributed by atoms with Crippen molar-refractivity contribution >= 4 is 5.97 Å². The summed E-state index contributed by atoms with van der Waals surface area (Å²) in [4.78, 5) is 14.7. The Kier molecular flexibility index (Phi) is 6.87. The monoisotopic (exact) mass is 411 g/mol. The van der Waals surface area contributed by atoms with E-state index in [-0.39, 0.29) is 24.1 Å². The predicted octanol–water partition coefficient (Wildman–Crippen LogP) is 3.30. The second kappa shape index (κ2) is 9.96. The summed E-state index contributed by atoms with van der Waals surface area (Å²) in [5.41, 5.74) is 1.11. The number of esters is 1. The molecule has 160 valence electrons. The van der Waals surface area contributed by atoms with Crippen LogP contribution in [0.25, 0.3) is 0 Å². The van der Waals surface area contributed by atoms with Gasteiger partial charge in [0.05, 0.1) is 25.7 Å². The van der Waals surface area contributed by atoms with Crippen LogP contribution in [0.2, 0.25) is 0 Å². The van der Waals surface area contributed by atoms with Gasteiger partial charge in [0, 0.05) is 26.1 Å². The predicted molar refractivity (Wildman–Crippen MR) is 113 cm³/mol. The minimum absolute atomic E-state index is 0.0172. The number of fused-ring (bicyclic) bond motifs is 1. The summed E-state index contributed by atoms with van der Waals surface area (Å²) >= 11 is 0. The van der Waals surface area contributed by atoms with Gasteiger partial charge in [0.1, 0.15) is 12.7 Å². The van der Waals surface area contributed by atoms with Crippen LogP contribution in [0.4, 0.5) is 0 Å². The van der Waals surface area contributed by atoms with E-state index >= 15 is 0 Å². The Morgan fingerprint density at radius 3 is 2.67 bits per heavy atom. The molecule has 0 saturated carbocycles. The molecular formula is C24H29NO5. The van der Waals surface area contributed by atoms with Crippen molar-refractivity contribution in [1.29, 1.82) is 0 Å². The molecule has 1 unspecified atom stereocenters. The van der Waals surface area contributed by atoms with Gasteiger partial charge in [-0.2, -0.15) is 0 Å². The molecule has 4 rings (SSSR count). The number of benzene rings is 2. The molecule has 0 aliphatic carbocycles. The maximum atomic E-state index is 12.4. The van der Waals surface area contributed by atoms with Crippen molar-refractivity contribution in [2.75, 3.05) is 33.4 Å². The Bertz CT molecular complexity index is 827. The second-order valence-electron chi connectivity index (χ2n) is 7.84. The summed E-state index contributed by atoms with van der Waals surface area (Å²) in [6.45, 7) is 3.42. The van der Waals surface area contributed by atoms with Crippen LogP contribution in [0, 0.1) is 5.92 Å². The zero-order valence-electron chi connectivity index (χ0n) is 17.4. The van der Waals surface area contributed by atoms with Gasteiger partial charge in [0.2, 0.25) is 0 Å². The Morgan fingerprint density at radius 2 is 1.87 bits per heavy atom. The molecule has 6 heteroatoms. The zero-order valence-corrected chi connectivity index (χ0v) is 17.4. The highest BCUT2D eigenvalue weighted by atomic mass is 16.6. The van der Waals surface area contributed by atoms with E-state index in [2.05, 4.69) is 4.90 Å². The van der Waals surface area contributed by atoms with Crippen molar-refractivity contribution in [2.45, 2.75) is 31.7 Å². The second-order valence-corrected chi connectivity index (χ2v) is 7.84. The van der Waals surface area contributed by atoms with Crippen LogP contribution < -0.4 is 9.47 Å². The summed E-state index contributed by atoms with van der Waals surface area (Å²) in [7, 11) is 1.44. The fraction of sp³-hybridized carbons (Fsp3) is 0.458. The zero-order chi connectivity index (χ0) is 20.8. The molecule has 0 bridgehead atoms. The molecular weight excluding hydrogens is 382 g/mol. The van der Waals surface area contributed by atoms with Crippen LogP contribution in [0.15, 0.2) is 54.6 Å². The largest absolute Gasteiger partial charge is 0.486 e. The fourth-order valence-corrected chi connectivity index (χ4v) is 4.09. The van der Waals surface area contributed by atoms with Crippen LogP contribution in [-0.2, 0) is 20.9 Å². The summed E-state index contributed by atoms with van der Waals surface area (Å²) in [5.74, 6) is 1.12. The van der Waals surface area contributed by atoms with Gasteiger partial charge in [0.25, 0.3) is 0 Å². The molecule has 0 spiro atoms. The van der Waals surface area contributed by atoms with Crippen molar-refractivity contribution < 1.29 is 23.7 Å². The number of likely N-dealkylation sites (tertiary alicyclic amines) is 1. The average Bonchev–Trinajstić information content (AvgIpc) is 2.81. The third-order valence-corrected chi connectivity index (χ3v) is 5.78. The maximum Gasteiger partial charge on any atom is 0.312 e. The highest BCUT2D eigenvalue weighted by molar-refractivity contribution is 5.73. The van der Waals surface area contributed by atoms with Crippen molar-refractivity contribution in [2.24, 2.45) is 5.92 Å². The minimum Gasteiger partial charge on any atom is -0.486 e. The number of rotatable bonds is 7. The molecule has 0 radical (unpaired) electrons. The van der Waals surface area contributed by atoms with Gasteiger partial charge in [0.15, 0.2) is 11.5 Å². The first-order valence-corrected chi connectivity index (χ1v) is 10.6. The molecule has 30 heavy (non-hydrogen) atoms. The van der Waals surface area contributed by atoms with Gasteiger partial charge >= 0.3 is 5.97 Å². The van der Waals surface area contributed by atoms with Gasteiger partial charge in [-0.15, -0.1) is 0 Å². The van der Waals surface area contributed by atoms with Gasteiger partial charge < -0.3 is 23.8 Å². The molecule has 0 aromatic heterocycles. The molecule has 2 heterocycles. The molecule has 0 N–H and O–H groups in total. The Balaban J connectivity index is 1.29. The lowest BCUT2D eigenvalue weighted by Gasteiger charge is -2.37. The molecule has 2 aliphatic rings. The summed E-state index contributed by atoms with van der Waals surface area (Å²) in [6, 6.07) is 17.8. The summed E-state index contributed by atoms with van der Waals surface area (Å²) < 4.78 is 23.0. The van der Waals surface area contributed by atoms with Crippen molar-refractivity contribution in [3.8, 4) is 11.5 Å². The number of hydrogen-bond donors (Lipinski definition) is 0. The van der Waals surface area contributed by atoms with Crippen molar-refractivity contribution in [1.82, 2.24) is 4.90 Å². The van der Waals surface area contributed by atoms with E-state index < -0.39 is 0 Å². The SMILES string of the molecule is COC(=O)[C@H]1CN(CCC2COc3ccccc3O2)CC[C@H]1OCc1ccccc1. The minimum atomic E-state index is -0.281. The van der Waals surface area contributed by atoms with E-state index in [0.29, 0.717) is 19.8 Å². The van der Waals surface area contributed by atoms with Crippen molar-refractivity contribution in [3.63, 3.8) is 0 Å². The Labute approximate surface area is 177 Å². The first-order chi connectivity index (χ1) is 14.7. The summed E-state index contributed by atoms with van der Waals surface area (Å²) in [5, 5.41) is 0. The number of carbonyl (C=O) groups is 1. The highest BCUT2D eigenvalue weighted by Crippen LogP contribution is 2.32. The van der Waals surface area contributed by atoms with E-state index in [1.165, 1.54) is 7.11 Å². The number of methoxy groups -OCH3 is 1. The lowest BCUT2D eigenvalue weighted by Crippen LogP contribution is -2.48. The lowest BCUT2D eigenvalue weighted by atomic mass is 9.94. The highest BCUT2D eigenvalue weighted by Gasteiger charge is 2.36. The molecule has 2 aromatic carbocycles. The van der Waals surface area contributed by atoms with Gasteiger partial charge in [-0.3, -0.25) is 4.79 Å². The molecule has 2 aliphatic heterocycles. The molecule has 3 atom stereocenters. The van der Waals surface area contributed by atoms with E-state index in [1.54, 1.807) is 0 Å². The van der Waals surface area contributed by atoms with E-state index in [0.717, 1.165) is 43.0 Å². The number of para-hydroxylation sites is 2. The van der Waals surface area contributed by atoms with Crippen LogP contribution in [0.1, 0.15) is 18.4 Å². The molecule has 2 aromatic rings. The standard InChI is InChI=1S/C24H29NO5/c1-27-24(26)20-15-25(14-12-21(20)28-16-18-7-3-2-4-8-18)13-11-19-17-29-22-9-5-6-10-23(22)30-19/h2-10,19-21H,11-17H2,1H3/t19?,20-,21+/m0/s1.